The second kappa shape index (κ2) is 11.6. The van der Waals surface area contributed by atoms with Crippen molar-refractivity contribution in [3.8, 4) is 0 Å². The SMILES string of the molecule is Clc1cc(N(c2ccccc2)c2cccc3c2sc2cc(N(c4ccccc4)c4ccccc4)ccc23)cc2sc3ccccc3c12. The predicted octanol–water partition coefficient (Wildman–Crippen LogP) is 14.0. The number of hydrogen-bond donors (Lipinski definition) is 0. The molecule has 7 aromatic carbocycles. The molecule has 0 spiro atoms. The van der Waals surface area contributed by atoms with Crippen LogP contribution in [-0.4, -0.2) is 0 Å². The van der Waals surface area contributed by atoms with E-state index in [1.54, 1.807) is 11.3 Å². The Bertz CT molecular complexity index is 2500. The number of fused-ring (bicyclic) bond motifs is 6. The van der Waals surface area contributed by atoms with Crippen LogP contribution < -0.4 is 9.80 Å². The highest BCUT2D eigenvalue weighted by Crippen LogP contribution is 2.48. The van der Waals surface area contributed by atoms with Crippen LogP contribution in [0.15, 0.2) is 164 Å². The van der Waals surface area contributed by atoms with E-state index >= 15 is 0 Å². The number of anilines is 6. The van der Waals surface area contributed by atoms with Crippen molar-refractivity contribution in [1.29, 1.82) is 0 Å². The van der Waals surface area contributed by atoms with Crippen molar-refractivity contribution >= 4 is 109 Å². The fourth-order valence-electron chi connectivity index (χ4n) is 6.61. The van der Waals surface area contributed by atoms with Gasteiger partial charge in [0.15, 0.2) is 0 Å². The molecule has 0 radical (unpaired) electrons. The number of nitrogens with zero attached hydrogens (tertiary/aromatic N) is 2. The summed E-state index contributed by atoms with van der Waals surface area (Å²) in [6.45, 7) is 0. The van der Waals surface area contributed by atoms with E-state index in [1.807, 2.05) is 11.3 Å². The van der Waals surface area contributed by atoms with Gasteiger partial charge in [-0.05, 0) is 72.8 Å². The van der Waals surface area contributed by atoms with Crippen LogP contribution in [0.25, 0.3) is 40.3 Å². The van der Waals surface area contributed by atoms with Gasteiger partial charge < -0.3 is 9.80 Å². The van der Waals surface area contributed by atoms with E-state index in [4.69, 9.17) is 11.6 Å². The van der Waals surface area contributed by atoms with Gasteiger partial charge in [-0.15, -0.1) is 22.7 Å². The van der Waals surface area contributed by atoms with Gasteiger partial charge in [0.25, 0.3) is 0 Å². The molecule has 47 heavy (non-hydrogen) atoms. The quantitative estimate of drug-likeness (QED) is 0.175. The van der Waals surface area contributed by atoms with Crippen LogP contribution >= 0.6 is 34.3 Å². The maximum atomic E-state index is 7.11. The lowest BCUT2D eigenvalue weighted by Crippen LogP contribution is -2.09. The average molecular weight is 659 g/mol. The van der Waals surface area contributed by atoms with Crippen LogP contribution in [0.2, 0.25) is 5.02 Å². The third kappa shape index (κ3) is 4.85. The Kier molecular flexibility index (Phi) is 6.93. The summed E-state index contributed by atoms with van der Waals surface area (Å²) in [6, 6.07) is 58.2. The summed E-state index contributed by atoms with van der Waals surface area (Å²) in [6.07, 6.45) is 0. The molecule has 0 amide bonds. The molecule has 0 unspecified atom stereocenters. The van der Waals surface area contributed by atoms with Gasteiger partial charge in [-0.25, -0.2) is 0 Å². The van der Waals surface area contributed by atoms with Crippen molar-refractivity contribution < 1.29 is 0 Å². The molecule has 0 N–H and O–H groups in total. The normalized spacial score (nSPS) is 11.5. The Hall–Kier alpha value is -5.13. The molecule has 0 saturated carbocycles. The molecule has 0 bridgehead atoms. The molecular formula is C42H27ClN2S2. The van der Waals surface area contributed by atoms with E-state index in [-0.39, 0.29) is 0 Å². The molecule has 0 aliphatic rings. The Morgan fingerprint density at radius 2 is 0.979 bits per heavy atom. The lowest BCUT2D eigenvalue weighted by molar-refractivity contribution is 1.29. The van der Waals surface area contributed by atoms with Gasteiger partial charge in [-0.3, -0.25) is 0 Å². The van der Waals surface area contributed by atoms with Crippen LogP contribution in [0.4, 0.5) is 34.1 Å². The molecule has 0 fully saturated rings. The Labute approximate surface area is 285 Å². The van der Waals surface area contributed by atoms with E-state index in [9.17, 15) is 0 Å². The second-order valence-electron chi connectivity index (χ2n) is 11.5. The minimum atomic E-state index is 0.769. The molecule has 5 heteroatoms. The predicted molar refractivity (Wildman–Crippen MR) is 207 cm³/mol. The third-order valence-corrected chi connectivity index (χ3v) is 11.3. The Morgan fingerprint density at radius 3 is 1.68 bits per heavy atom. The first-order chi connectivity index (χ1) is 23.2. The van der Waals surface area contributed by atoms with Gasteiger partial charge in [-0.1, -0.05) is 103 Å². The van der Waals surface area contributed by atoms with Gasteiger partial charge in [0.2, 0.25) is 0 Å². The summed E-state index contributed by atoms with van der Waals surface area (Å²) >= 11 is 10.7. The van der Waals surface area contributed by atoms with Gasteiger partial charge in [0.1, 0.15) is 0 Å². The Balaban J connectivity index is 1.24. The van der Waals surface area contributed by atoms with Gasteiger partial charge in [0, 0.05) is 64.1 Å². The molecule has 2 aromatic heterocycles. The van der Waals surface area contributed by atoms with Crippen molar-refractivity contribution in [2.45, 2.75) is 0 Å². The largest absolute Gasteiger partial charge is 0.310 e. The molecule has 0 aliphatic heterocycles. The van der Waals surface area contributed by atoms with E-state index in [2.05, 4.69) is 174 Å². The van der Waals surface area contributed by atoms with Crippen LogP contribution in [0, 0.1) is 0 Å². The lowest BCUT2D eigenvalue weighted by Gasteiger charge is -2.26. The summed E-state index contributed by atoms with van der Waals surface area (Å²) in [4.78, 5) is 4.68. The first-order valence-electron chi connectivity index (χ1n) is 15.5. The second-order valence-corrected chi connectivity index (χ2v) is 14.1. The summed E-state index contributed by atoms with van der Waals surface area (Å²) < 4.78 is 4.91. The van der Waals surface area contributed by atoms with Crippen LogP contribution in [0.5, 0.6) is 0 Å². The van der Waals surface area contributed by atoms with Crippen molar-refractivity contribution in [2.75, 3.05) is 9.80 Å². The van der Waals surface area contributed by atoms with Gasteiger partial charge in [0.05, 0.1) is 15.4 Å². The van der Waals surface area contributed by atoms with Crippen LogP contribution in [-0.2, 0) is 0 Å². The molecule has 2 heterocycles. The average Bonchev–Trinajstić information content (AvgIpc) is 3.69. The van der Waals surface area contributed by atoms with Crippen molar-refractivity contribution in [3.05, 3.63) is 169 Å². The first-order valence-corrected chi connectivity index (χ1v) is 17.6. The lowest BCUT2D eigenvalue weighted by atomic mass is 10.1. The topological polar surface area (TPSA) is 6.48 Å². The van der Waals surface area contributed by atoms with Crippen LogP contribution in [0.1, 0.15) is 0 Å². The number of para-hydroxylation sites is 3. The zero-order chi connectivity index (χ0) is 31.3. The molecule has 0 saturated heterocycles. The molecule has 9 aromatic rings. The van der Waals surface area contributed by atoms with Crippen molar-refractivity contribution in [3.63, 3.8) is 0 Å². The molecule has 0 aliphatic carbocycles. The zero-order valence-corrected chi connectivity index (χ0v) is 27.6. The number of rotatable bonds is 6. The minimum absolute atomic E-state index is 0.769. The highest BCUT2D eigenvalue weighted by atomic mass is 35.5. The van der Waals surface area contributed by atoms with E-state index in [0.29, 0.717) is 0 Å². The maximum Gasteiger partial charge on any atom is 0.0640 e. The summed E-state index contributed by atoms with van der Waals surface area (Å²) in [5, 5.41) is 5.60. The van der Waals surface area contributed by atoms with Gasteiger partial charge in [-0.2, -0.15) is 0 Å². The van der Waals surface area contributed by atoms with Crippen molar-refractivity contribution in [2.24, 2.45) is 0 Å². The van der Waals surface area contributed by atoms with E-state index in [0.717, 1.165) is 44.5 Å². The molecule has 224 valence electrons. The zero-order valence-electron chi connectivity index (χ0n) is 25.2. The fraction of sp³-hybridized carbons (Fsp3) is 0. The highest BCUT2D eigenvalue weighted by molar-refractivity contribution is 7.26. The molecule has 0 atom stereocenters. The summed E-state index contributed by atoms with van der Waals surface area (Å²) in [5.41, 5.74) is 6.66. The number of halogens is 1. The summed E-state index contributed by atoms with van der Waals surface area (Å²) in [5.74, 6) is 0. The summed E-state index contributed by atoms with van der Waals surface area (Å²) in [7, 11) is 0. The third-order valence-electron chi connectivity index (χ3n) is 8.68. The first kappa shape index (κ1) is 28.1. The van der Waals surface area contributed by atoms with Gasteiger partial charge >= 0.3 is 0 Å². The molecule has 9 rings (SSSR count). The Morgan fingerprint density at radius 1 is 0.383 bits per heavy atom. The smallest absolute Gasteiger partial charge is 0.0640 e. The highest BCUT2D eigenvalue weighted by Gasteiger charge is 2.21. The molecule has 2 nitrogen and oxygen atoms in total. The van der Waals surface area contributed by atoms with Crippen molar-refractivity contribution in [1.82, 2.24) is 0 Å². The number of thiophene rings is 2. The monoisotopic (exact) mass is 658 g/mol. The fourth-order valence-corrected chi connectivity index (χ4v) is 9.39. The standard InChI is InChI=1S/C42H27ClN2S2/c43-36-25-32(27-40-41(36)35-19-10-11-22-38(35)46-40)45(30-17-8-3-9-18-30)37-21-12-20-34-33-24-23-31(26-39(33)47-42(34)37)44(28-13-4-1-5-14-28)29-15-6-2-7-16-29/h1-27H. The van der Waals surface area contributed by atoms with Crippen LogP contribution in [0.3, 0.4) is 0 Å². The maximum absolute atomic E-state index is 7.11. The number of hydrogen-bond acceptors (Lipinski definition) is 4. The number of benzene rings is 7. The molecular weight excluding hydrogens is 632 g/mol. The van der Waals surface area contributed by atoms with E-state index < -0.39 is 0 Å². The van der Waals surface area contributed by atoms with E-state index in [1.165, 1.54) is 35.0 Å². The minimum Gasteiger partial charge on any atom is -0.310 e.